The molecular formula is C14H22N4O2. The number of likely N-dealkylation sites (tertiary alicyclic amines) is 1. The maximum absolute atomic E-state index is 12.2. The van der Waals surface area contributed by atoms with E-state index in [1.54, 1.807) is 6.92 Å². The third kappa shape index (κ3) is 2.94. The van der Waals surface area contributed by atoms with E-state index in [1.807, 2.05) is 4.90 Å². The zero-order valence-electron chi connectivity index (χ0n) is 12.0. The van der Waals surface area contributed by atoms with E-state index in [-0.39, 0.29) is 12.1 Å². The summed E-state index contributed by atoms with van der Waals surface area (Å²) in [6.07, 6.45) is 6.55. The molecule has 2 amide bonds. The molecule has 1 saturated heterocycles. The van der Waals surface area contributed by atoms with Crippen LogP contribution in [-0.2, 0) is 0 Å². The van der Waals surface area contributed by atoms with Crippen molar-refractivity contribution in [2.45, 2.75) is 57.4 Å². The molecule has 6 nitrogen and oxygen atoms in total. The molecule has 1 aliphatic heterocycles. The topological polar surface area (TPSA) is 71.3 Å². The quantitative estimate of drug-likeness (QED) is 0.900. The first kappa shape index (κ1) is 13.4. The number of nitrogens with zero attached hydrogens (tertiary/aromatic N) is 3. The summed E-state index contributed by atoms with van der Waals surface area (Å²) in [5.74, 6) is 1.63. The van der Waals surface area contributed by atoms with Crippen molar-refractivity contribution in [1.29, 1.82) is 0 Å². The number of carbonyl (C=O) groups is 1. The summed E-state index contributed by atoms with van der Waals surface area (Å²) in [4.78, 5) is 14.1. The number of nitrogens with one attached hydrogen (secondary N) is 1. The van der Waals surface area contributed by atoms with E-state index < -0.39 is 0 Å². The average Bonchev–Trinajstić information content (AvgIpc) is 2.66. The summed E-state index contributed by atoms with van der Waals surface area (Å²) in [5.41, 5.74) is 0. The second-order valence-corrected chi connectivity index (χ2v) is 5.88. The van der Waals surface area contributed by atoms with Crippen molar-refractivity contribution in [2.24, 2.45) is 0 Å². The van der Waals surface area contributed by atoms with Crippen molar-refractivity contribution in [3.05, 3.63) is 11.8 Å². The smallest absolute Gasteiger partial charge is 0.317 e. The Hall–Kier alpha value is -1.59. The summed E-state index contributed by atoms with van der Waals surface area (Å²) < 4.78 is 5.43. The molecule has 6 heteroatoms. The van der Waals surface area contributed by atoms with Gasteiger partial charge in [0.05, 0.1) is 0 Å². The minimum atomic E-state index is 0.0945. The molecule has 2 heterocycles. The summed E-state index contributed by atoms with van der Waals surface area (Å²) >= 11 is 0. The van der Waals surface area contributed by atoms with Crippen LogP contribution in [0.15, 0.2) is 4.42 Å². The summed E-state index contributed by atoms with van der Waals surface area (Å²) in [7, 11) is 0. The molecule has 110 valence electrons. The number of rotatable bonds is 2. The highest BCUT2D eigenvalue weighted by Gasteiger charge is 2.35. The molecule has 1 aliphatic carbocycles. The fraction of sp³-hybridized carbons (Fsp3) is 0.786. The van der Waals surface area contributed by atoms with Gasteiger partial charge in [-0.1, -0.05) is 12.8 Å². The van der Waals surface area contributed by atoms with Crippen LogP contribution in [0.2, 0.25) is 0 Å². The Morgan fingerprint density at radius 2 is 1.90 bits per heavy atom. The Kier molecular flexibility index (Phi) is 3.89. The first-order chi connectivity index (χ1) is 9.72. The van der Waals surface area contributed by atoms with E-state index in [0.29, 0.717) is 17.7 Å². The zero-order chi connectivity index (χ0) is 13.9. The van der Waals surface area contributed by atoms with E-state index in [1.165, 1.54) is 12.8 Å². The van der Waals surface area contributed by atoms with Gasteiger partial charge in [-0.05, 0) is 25.7 Å². The highest BCUT2D eigenvalue weighted by molar-refractivity contribution is 5.74. The van der Waals surface area contributed by atoms with E-state index in [9.17, 15) is 4.79 Å². The van der Waals surface area contributed by atoms with E-state index in [2.05, 4.69) is 15.5 Å². The van der Waals surface area contributed by atoms with Crippen LogP contribution >= 0.6 is 0 Å². The standard InChI is InChI=1S/C14H22N4O2/c1-10-16-17-13(20-10)11-8-12(9-11)15-14(19)18-6-4-2-3-5-7-18/h11-12H,2-9H2,1H3,(H,15,19). The van der Waals surface area contributed by atoms with E-state index >= 15 is 0 Å². The summed E-state index contributed by atoms with van der Waals surface area (Å²) in [6.45, 7) is 3.59. The molecule has 1 N–H and O–H groups in total. The lowest BCUT2D eigenvalue weighted by molar-refractivity contribution is 0.179. The Balaban J connectivity index is 1.45. The highest BCUT2D eigenvalue weighted by Crippen LogP contribution is 2.36. The second-order valence-electron chi connectivity index (χ2n) is 5.88. The van der Waals surface area contributed by atoms with Crippen LogP contribution in [0, 0.1) is 6.92 Å². The van der Waals surface area contributed by atoms with Gasteiger partial charge in [-0.15, -0.1) is 10.2 Å². The number of hydrogen-bond donors (Lipinski definition) is 1. The fourth-order valence-electron chi connectivity index (χ4n) is 2.95. The molecule has 0 bridgehead atoms. The SMILES string of the molecule is Cc1nnc(C2CC(NC(=O)N3CCCCCC3)C2)o1. The number of aryl methyl sites for hydroxylation is 1. The monoisotopic (exact) mass is 278 g/mol. The van der Waals surface area contributed by atoms with Crippen molar-refractivity contribution in [3.8, 4) is 0 Å². The lowest BCUT2D eigenvalue weighted by atomic mass is 9.80. The zero-order valence-corrected chi connectivity index (χ0v) is 12.0. The molecule has 0 spiro atoms. The molecule has 0 aromatic carbocycles. The third-order valence-electron chi connectivity index (χ3n) is 4.25. The van der Waals surface area contributed by atoms with Gasteiger partial charge >= 0.3 is 6.03 Å². The van der Waals surface area contributed by atoms with Crippen LogP contribution in [0.5, 0.6) is 0 Å². The number of carbonyl (C=O) groups excluding carboxylic acids is 1. The predicted molar refractivity (Wildman–Crippen MR) is 73.4 cm³/mol. The van der Waals surface area contributed by atoms with Crippen LogP contribution < -0.4 is 5.32 Å². The molecular weight excluding hydrogens is 256 g/mol. The molecule has 1 aromatic rings. The Morgan fingerprint density at radius 1 is 1.20 bits per heavy atom. The van der Waals surface area contributed by atoms with Gasteiger partial charge in [0.1, 0.15) is 0 Å². The van der Waals surface area contributed by atoms with Crippen LogP contribution in [0.25, 0.3) is 0 Å². The van der Waals surface area contributed by atoms with Gasteiger partial charge in [0.15, 0.2) is 0 Å². The Labute approximate surface area is 118 Å². The molecule has 0 unspecified atom stereocenters. The van der Waals surface area contributed by atoms with Gasteiger partial charge in [-0.25, -0.2) is 4.79 Å². The fourth-order valence-corrected chi connectivity index (χ4v) is 2.95. The van der Waals surface area contributed by atoms with Crippen LogP contribution in [0.4, 0.5) is 4.79 Å². The van der Waals surface area contributed by atoms with Crippen LogP contribution in [-0.4, -0.2) is 40.3 Å². The van der Waals surface area contributed by atoms with Crippen molar-refractivity contribution in [3.63, 3.8) is 0 Å². The largest absolute Gasteiger partial charge is 0.425 e. The molecule has 20 heavy (non-hydrogen) atoms. The third-order valence-corrected chi connectivity index (χ3v) is 4.25. The summed E-state index contributed by atoms with van der Waals surface area (Å²) in [5, 5.41) is 11.0. The van der Waals surface area contributed by atoms with Crippen molar-refractivity contribution < 1.29 is 9.21 Å². The normalized spacial score (nSPS) is 26.8. The Bertz CT molecular complexity index is 459. The second kappa shape index (κ2) is 5.81. The van der Waals surface area contributed by atoms with Gasteiger partial charge in [0.25, 0.3) is 0 Å². The van der Waals surface area contributed by atoms with Crippen LogP contribution in [0.1, 0.15) is 56.2 Å². The lowest BCUT2D eigenvalue weighted by Gasteiger charge is -2.35. The molecule has 1 saturated carbocycles. The van der Waals surface area contributed by atoms with E-state index in [4.69, 9.17) is 4.42 Å². The average molecular weight is 278 g/mol. The van der Waals surface area contributed by atoms with Gasteiger partial charge < -0.3 is 14.6 Å². The molecule has 0 atom stereocenters. The molecule has 3 rings (SSSR count). The van der Waals surface area contributed by atoms with Gasteiger partial charge in [-0.2, -0.15) is 0 Å². The number of urea groups is 1. The molecule has 2 aliphatic rings. The molecule has 1 aromatic heterocycles. The van der Waals surface area contributed by atoms with Crippen molar-refractivity contribution in [2.75, 3.05) is 13.1 Å². The highest BCUT2D eigenvalue weighted by atomic mass is 16.4. The number of amides is 2. The minimum Gasteiger partial charge on any atom is -0.425 e. The first-order valence-electron chi connectivity index (χ1n) is 7.58. The summed E-state index contributed by atoms with van der Waals surface area (Å²) in [6, 6.07) is 0.347. The van der Waals surface area contributed by atoms with Crippen molar-refractivity contribution >= 4 is 6.03 Å². The van der Waals surface area contributed by atoms with Gasteiger partial charge in [0, 0.05) is 32.0 Å². The first-order valence-corrected chi connectivity index (χ1v) is 7.58. The predicted octanol–water partition coefficient (Wildman–Crippen LogP) is 2.21. The number of hydrogen-bond acceptors (Lipinski definition) is 4. The van der Waals surface area contributed by atoms with Crippen molar-refractivity contribution in [1.82, 2.24) is 20.4 Å². The van der Waals surface area contributed by atoms with E-state index in [0.717, 1.165) is 38.8 Å². The van der Waals surface area contributed by atoms with Crippen LogP contribution in [0.3, 0.4) is 0 Å². The number of aromatic nitrogens is 2. The Morgan fingerprint density at radius 3 is 2.50 bits per heavy atom. The minimum absolute atomic E-state index is 0.0945. The maximum Gasteiger partial charge on any atom is 0.317 e. The van der Waals surface area contributed by atoms with Gasteiger partial charge in [-0.3, -0.25) is 0 Å². The van der Waals surface area contributed by atoms with Gasteiger partial charge in [0.2, 0.25) is 11.8 Å². The maximum atomic E-state index is 12.2. The lowest BCUT2D eigenvalue weighted by Crippen LogP contribution is -2.49. The molecule has 2 fully saturated rings. The molecule has 0 radical (unpaired) electrons.